The summed E-state index contributed by atoms with van der Waals surface area (Å²) in [6, 6.07) is 0. The van der Waals surface area contributed by atoms with Crippen molar-refractivity contribution >= 4 is 17.3 Å². The van der Waals surface area contributed by atoms with Crippen molar-refractivity contribution in [2.24, 2.45) is 10.4 Å². The van der Waals surface area contributed by atoms with Gasteiger partial charge in [0.25, 0.3) is 0 Å². The molecule has 21 heavy (non-hydrogen) atoms. The van der Waals surface area contributed by atoms with Gasteiger partial charge in [0, 0.05) is 31.9 Å². The Kier molecular flexibility index (Phi) is 7.72. The minimum atomic E-state index is 0.436. The highest BCUT2D eigenvalue weighted by Gasteiger charge is 2.08. The third-order valence-corrected chi connectivity index (χ3v) is 4.03. The molecule has 0 bridgehead atoms. The van der Waals surface area contributed by atoms with E-state index in [1.165, 1.54) is 19.3 Å². The Morgan fingerprint density at radius 2 is 1.95 bits per heavy atom. The Balaban J connectivity index is 2.12. The number of guanidine groups is 1. The molecule has 0 saturated heterocycles. The molecule has 0 amide bonds. The summed E-state index contributed by atoms with van der Waals surface area (Å²) in [6.07, 6.45) is 4.65. The quantitative estimate of drug-likeness (QED) is 0.461. The molecule has 1 aromatic rings. The first-order valence-corrected chi connectivity index (χ1v) is 8.64. The second-order valence-corrected chi connectivity index (χ2v) is 7.61. The van der Waals surface area contributed by atoms with Crippen LogP contribution in [0.1, 0.15) is 50.7 Å². The van der Waals surface area contributed by atoms with Crippen LogP contribution in [0.3, 0.4) is 0 Å². The van der Waals surface area contributed by atoms with E-state index in [4.69, 9.17) is 0 Å². The van der Waals surface area contributed by atoms with Crippen molar-refractivity contribution in [3.05, 3.63) is 16.1 Å². The zero-order chi connectivity index (χ0) is 15.7. The summed E-state index contributed by atoms with van der Waals surface area (Å²) in [6.45, 7) is 10.8. The van der Waals surface area contributed by atoms with Crippen molar-refractivity contribution < 1.29 is 0 Å². The molecule has 0 aliphatic rings. The van der Waals surface area contributed by atoms with Crippen molar-refractivity contribution in [3.63, 3.8) is 0 Å². The standard InChI is InChI=1S/C16H30N4S/c1-13-20-14(12-21-13)8-11-19-15(17-5)18-10-7-6-9-16(2,3)4/h12H,6-11H2,1-5H3,(H2,17,18,19). The zero-order valence-corrected chi connectivity index (χ0v) is 14.9. The van der Waals surface area contributed by atoms with Gasteiger partial charge in [0.05, 0.1) is 10.7 Å². The maximum atomic E-state index is 4.46. The lowest BCUT2D eigenvalue weighted by Crippen LogP contribution is -2.38. The molecule has 120 valence electrons. The van der Waals surface area contributed by atoms with Crippen molar-refractivity contribution in [1.29, 1.82) is 0 Å². The van der Waals surface area contributed by atoms with E-state index in [9.17, 15) is 0 Å². The Hall–Kier alpha value is -1.10. The van der Waals surface area contributed by atoms with Crippen LogP contribution < -0.4 is 10.6 Å². The van der Waals surface area contributed by atoms with Gasteiger partial charge in [-0.1, -0.05) is 27.2 Å². The number of thiazole rings is 1. The minimum Gasteiger partial charge on any atom is -0.356 e. The molecule has 5 heteroatoms. The first-order valence-electron chi connectivity index (χ1n) is 7.76. The highest BCUT2D eigenvalue weighted by molar-refractivity contribution is 7.09. The Labute approximate surface area is 133 Å². The first kappa shape index (κ1) is 18.0. The van der Waals surface area contributed by atoms with Crippen LogP contribution >= 0.6 is 11.3 Å². The molecular weight excluding hydrogens is 280 g/mol. The molecular formula is C16H30N4S. The lowest BCUT2D eigenvalue weighted by atomic mass is 9.90. The number of nitrogens with zero attached hydrogens (tertiary/aromatic N) is 2. The molecule has 0 radical (unpaired) electrons. The molecule has 1 aromatic heterocycles. The van der Waals surface area contributed by atoms with Gasteiger partial charge in [0.15, 0.2) is 5.96 Å². The molecule has 1 heterocycles. The van der Waals surface area contributed by atoms with Crippen LogP contribution in [-0.4, -0.2) is 31.1 Å². The van der Waals surface area contributed by atoms with Crippen LogP contribution in [0.25, 0.3) is 0 Å². The second kappa shape index (κ2) is 9.03. The number of aliphatic imine (C=N–C) groups is 1. The normalized spacial score (nSPS) is 12.5. The van der Waals surface area contributed by atoms with Crippen LogP contribution in [0, 0.1) is 12.3 Å². The van der Waals surface area contributed by atoms with Gasteiger partial charge < -0.3 is 10.6 Å². The van der Waals surface area contributed by atoms with Crippen molar-refractivity contribution in [3.8, 4) is 0 Å². The molecule has 2 N–H and O–H groups in total. The fourth-order valence-corrected chi connectivity index (χ4v) is 2.69. The highest BCUT2D eigenvalue weighted by Crippen LogP contribution is 2.21. The molecule has 0 aromatic carbocycles. The predicted octanol–water partition coefficient (Wildman–Crippen LogP) is 3.38. The van der Waals surface area contributed by atoms with E-state index in [0.717, 1.165) is 36.2 Å². The van der Waals surface area contributed by atoms with Gasteiger partial charge in [-0.3, -0.25) is 4.99 Å². The van der Waals surface area contributed by atoms with Crippen molar-refractivity contribution in [2.75, 3.05) is 20.1 Å². The van der Waals surface area contributed by atoms with E-state index >= 15 is 0 Å². The van der Waals surface area contributed by atoms with E-state index in [1.54, 1.807) is 11.3 Å². The van der Waals surface area contributed by atoms with Gasteiger partial charge in [-0.25, -0.2) is 4.98 Å². The molecule has 0 fully saturated rings. The first-order chi connectivity index (χ1) is 9.90. The lowest BCUT2D eigenvalue weighted by molar-refractivity contribution is 0.360. The Bertz CT molecular complexity index is 432. The van der Waals surface area contributed by atoms with Crippen LogP contribution in [0.2, 0.25) is 0 Å². The topological polar surface area (TPSA) is 49.3 Å². The molecule has 0 spiro atoms. The van der Waals surface area contributed by atoms with E-state index in [0.29, 0.717) is 5.41 Å². The summed E-state index contributed by atoms with van der Waals surface area (Å²) < 4.78 is 0. The maximum absolute atomic E-state index is 4.46. The highest BCUT2D eigenvalue weighted by atomic mass is 32.1. The summed E-state index contributed by atoms with van der Waals surface area (Å²) in [7, 11) is 1.82. The Morgan fingerprint density at radius 1 is 1.24 bits per heavy atom. The maximum Gasteiger partial charge on any atom is 0.190 e. The van der Waals surface area contributed by atoms with Crippen LogP contribution in [0.15, 0.2) is 10.4 Å². The van der Waals surface area contributed by atoms with Gasteiger partial charge in [-0.05, 0) is 25.2 Å². The van der Waals surface area contributed by atoms with Gasteiger partial charge >= 0.3 is 0 Å². The number of hydrogen-bond donors (Lipinski definition) is 2. The average Bonchev–Trinajstić information content (AvgIpc) is 2.80. The van der Waals surface area contributed by atoms with Crippen molar-refractivity contribution in [2.45, 2.75) is 53.4 Å². The molecule has 0 aliphatic heterocycles. The lowest BCUT2D eigenvalue weighted by Gasteiger charge is -2.18. The zero-order valence-electron chi connectivity index (χ0n) is 14.1. The number of nitrogens with one attached hydrogen (secondary N) is 2. The number of aryl methyl sites for hydroxylation is 1. The van der Waals surface area contributed by atoms with E-state index < -0.39 is 0 Å². The second-order valence-electron chi connectivity index (χ2n) is 6.55. The Morgan fingerprint density at radius 3 is 2.52 bits per heavy atom. The molecule has 0 aliphatic carbocycles. The number of rotatable bonds is 7. The van der Waals surface area contributed by atoms with Crippen molar-refractivity contribution in [1.82, 2.24) is 15.6 Å². The molecule has 0 atom stereocenters. The monoisotopic (exact) mass is 310 g/mol. The third kappa shape index (κ3) is 8.71. The SMILES string of the molecule is CN=C(NCCCCC(C)(C)C)NCCc1csc(C)n1. The van der Waals surface area contributed by atoms with E-state index in [2.05, 4.69) is 46.8 Å². The summed E-state index contributed by atoms with van der Waals surface area (Å²) in [5, 5.41) is 9.96. The van der Waals surface area contributed by atoms with Gasteiger partial charge in [-0.15, -0.1) is 11.3 Å². The van der Waals surface area contributed by atoms with Crippen LogP contribution in [0.5, 0.6) is 0 Å². The van der Waals surface area contributed by atoms with Crippen LogP contribution in [0.4, 0.5) is 0 Å². The van der Waals surface area contributed by atoms with E-state index in [1.807, 2.05) is 14.0 Å². The number of hydrogen-bond acceptors (Lipinski definition) is 3. The summed E-state index contributed by atoms with van der Waals surface area (Å²) in [5.41, 5.74) is 1.59. The fourth-order valence-electron chi connectivity index (χ4n) is 2.04. The predicted molar refractivity (Wildman–Crippen MR) is 93.2 cm³/mol. The molecule has 1 rings (SSSR count). The summed E-state index contributed by atoms with van der Waals surface area (Å²) >= 11 is 1.71. The van der Waals surface area contributed by atoms with E-state index in [-0.39, 0.29) is 0 Å². The van der Waals surface area contributed by atoms with Crippen LogP contribution in [-0.2, 0) is 6.42 Å². The number of aromatic nitrogens is 1. The van der Waals surface area contributed by atoms with Gasteiger partial charge in [0.2, 0.25) is 0 Å². The minimum absolute atomic E-state index is 0.436. The third-order valence-electron chi connectivity index (χ3n) is 3.21. The molecule has 0 unspecified atom stereocenters. The largest absolute Gasteiger partial charge is 0.356 e. The summed E-state index contributed by atoms with van der Waals surface area (Å²) in [5.74, 6) is 0.887. The fraction of sp³-hybridized carbons (Fsp3) is 0.750. The summed E-state index contributed by atoms with van der Waals surface area (Å²) in [4.78, 5) is 8.71. The molecule has 0 saturated carbocycles. The van der Waals surface area contributed by atoms with Gasteiger partial charge in [-0.2, -0.15) is 0 Å². The average molecular weight is 311 g/mol. The number of unbranched alkanes of at least 4 members (excludes halogenated alkanes) is 1. The van der Waals surface area contributed by atoms with Gasteiger partial charge in [0.1, 0.15) is 0 Å². The smallest absolute Gasteiger partial charge is 0.190 e. The molecule has 4 nitrogen and oxygen atoms in total.